The number of nitrogens with two attached hydrogens (primary N) is 1. The summed E-state index contributed by atoms with van der Waals surface area (Å²) in [4.78, 5) is 44.0. The fourth-order valence-electron chi connectivity index (χ4n) is 4.43. The first kappa shape index (κ1) is 25.6. The van der Waals surface area contributed by atoms with Gasteiger partial charge in [0, 0.05) is 48.5 Å². The smallest absolute Gasteiger partial charge is 0.255 e. The van der Waals surface area contributed by atoms with Crippen LogP contribution in [0.4, 0.5) is 5.69 Å². The molecule has 0 aliphatic carbocycles. The topological polar surface area (TPSA) is 110 Å². The minimum atomic E-state index is -0.401. The number of benzene rings is 1. The average Bonchev–Trinajstić information content (AvgIpc) is 2.94. The van der Waals surface area contributed by atoms with Crippen molar-refractivity contribution in [2.45, 2.75) is 32.7 Å². The first-order valence-electron chi connectivity index (χ1n) is 12.4. The summed E-state index contributed by atoms with van der Waals surface area (Å²) in [6, 6.07) is 16.2. The Kier molecular flexibility index (Phi) is 8.30. The van der Waals surface area contributed by atoms with Crippen LogP contribution in [-0.4, -0.2) is 34.8 Å². The van der Waals surface area contributed by atoms with Gasteiger partial charge >= 0.3 is 0 Å². The number of hydrogen-bond acceptors (Lipinski definition) is 6. The van der Waals surface area contributed by atoms with E-state index in [9.17, 15) is 14.4 Å². The molecular weight excluding hydrogens is 466 g/mol. The van der Waals surface area contributed by atoms with Crippen molar-refractivity contribution in [1.82, 2.24) is 14.9 Å². The maximum atomic E-state index is 12.8. The van der Waals surface area contributed by atoms with Gasteiger partial charge in [-0.2, -0.15) is 0 Å². The molecule has 8 heteroatoms. The van der Waals surface area contributed by atoms with Crippen LogP contribution in [0.2, 0.25) is 0 Å². The van der Waals surface area contributed by atoms with Crippen LogP contribution >= 0.6 is 0 Å². The maximum absolute atomic E-state index is 12.8. The molecule has 0 radical (unpaired) electrons. The zero-order valence-electron chi connectivity index (χ0n) is 20.9. The molecule has 1 fully saturated rings. The summed E-state index contributed by atoms with van der Waals surface area (Å²) in [5, 5.41) is 2.64. The number of aldehydes is 1. The zero-order valence-corrected chi connectivity index (χ0v) is 20.9. The Bertz CT molecular complexity index is 1370. The number of nitrogens with one attached hydrogen (secondary N) is 1. The van der Waals surface area contributed by atoms with E-state index in [1.165, 1.54) is 37.6 Å². The Balaban J connectivity index is 1.49. The Hall–Kier alpha value is -4.46. The number of aryl methyl sites for hydroxylation is 1. The fraction of sp³-hybridized carbons (Fsp3) is 0.241. The summed E-state index contributed by atoms with van der Waals surface area (Å²) in [5.41, 5.74) is 9.65. The first-order chi connectivity index (χ1) is 18.0. The molecule has 3 aromatic rings. The monoisotopic (exact) mass is 497 g/mol. The van der Waals surface area contributed by atoms with Crippen molar-refractivity contribution in [1.29, 1.82) is 0 Å². The van der Waals surface area contributed by atoms with Gasteiger partial charge in [-0.1, -0.05) is 6.07 Å². The highest BCUT2D eigenvalue weighted by Gasteiger charge is 2.14. The highest BCUT2D eigenvalue weighted by atomic mass is 16.2. The largest absolute Gasteiger partial charge is 0.404 e. The van der Waals surface area contributed by atoms with Gasteiger partial charge in [-0.05, 0) is 85.9 Å². The maximum Gasteiger partial charge on any atom is 0.255 e. The van der Waals surface area contributed by atoms with Crippen molar-refractivity contribution in [3.05, 3.63) is 112 Å². The van der Waals surface area contributed by atoms with Crippen molar-refractivity contribution >= 4 is 23.5 Å². The predicted octanol–water partition coefficient (Wildman–Crippen LogP) is 3.40. The van der Waals surface area contributed by atoms with E-state index >= 15 is 0 Å². The lowest BCUT2D eigenvalue weighted by atomic mass is 10.1. The van der Waals surface area contributed by atoms with Gasteiger partial charge in [0.2, 0.25) is 0 Å². The molecule has 1 aliphatic rings. The summed E-state index contributed by atoms with van der Waals surface area (Å²) in [6.45, 7) is 4.20. The Morgan fingerprint density at radius 3 is 2.43 bits per heavy atom. The lowest BCUT2D eigenvalue weighted by Crippen LogP contribution is -2.29. The molecule has 1 amide bonds. The predicted molar refractivity (Wildman–Crippen MR) is 145 cm³/mol. The molecule has 190 valence electrons. The van der Waals surface area contributed by atoms with E-state index in [1.54, 1.807) is 22.9 Å². The number of anilines is 1. The van der Waals surface area contributed by atoms with E-state index in [4.69, 9.17) is 5.73 Å². The van der Waals surface area contributed by atoms with Crippen LogP contribution in [0.15, 0.2) is 83.6 Å². The van der Waals surface area contributed by atoms with Gasteiger partial charge < -0.3 is 20.5 Å². The van der Waals surface area contributed by atoms with E-state index < -0.39 is 5.91 Å². The van der Waals surface area contributed by atoms with Gasteiger partial charge in [0.1, 0.15) is 0 Å². The Morgan fingerprint density at radius 1 is 1.05 bits per heavy atom. The number of carbonyl (C=O) groups excluding carboxylic acids is 2. The molecule has 0 unspecified atom stereocenters. The van der Waals surface area contributed by atoms with Crippen LogP contribution in [0.1, 0.15) is 46.6 Å². The summed E-state index contributed by atoms with van der Waals surface area (Å²) in [6.07, 6.45) is 8.60. The zero-order chi connectivity index (χ0) is 26.2. The summed E-state index contributed by atoms with van der Waals surface area (Å²) in [7, 11) is 0. The number of piperidine rings is 1. The van der Waals surface area contributed by atoms with Crippen molar-refractivity contribution in [2.75, 3.05) is 18.0 Å². The number of aromatic nitrogens is 2. The fourth-order valence-corrected chi connectivity index (χ4v) is 4.43. The average molecular weight is 498 g/mol. The molecule has 1 aromatic carbocycles. The number of hydrogen-bond donors (Lipinski definition) is 2. The molecule has 3 heterocycles. The first-order valence-corrected chi connectivity index (χ1v) is 12.4. The van der Waals surface area contributed by atoms with Crippen molar-refractivity contribution < 1.29 is 9.59 Å². The molecule has 0 spiro atoms. The van der Waals surface area contributed by atoms with E-state index in [1.807, 2.05) is 43.3 Å². The lowest BCUT2D eigenvalue weighted by Gasteiger charge is -2.28. The second kappa shape index (κ2) is 12.0. The van der Waals surface area contributed by atoms with Gasteiger partial charge in [0.15, 0.2) is 6.29 Å². The molecule has 37 heavy (non-hydrogen) atoms. The van der Waals surface area contributed by atoms with Crippen LogP contribution in [0, 0.1) is 6.92 Å². The molecule has 0 bridgehead atoms. The number of nitrogens with zero attached hydrogens (tertiary/aromatic N) is 3. The Morgan fingerprint density at radius 2 is 1.81 bits per heavy atom. The summed E-state index contributed by atoms with van der Waals surface area (Å²) < 4.78 is 1.61. The van der Waals surface area contributed by atoms with Gasteiger partial charge in [-0.25, -0.2) is 0 Å². The molecule has 0 atom stereocenters. The van der Waals surface area contributed by atoms with Crippen molar-refractivity contribution in [3.8, 4) is 0 Å². The van der Waals surface area contributed by atoms with E-state index in [0.717, 1.165) is 24.5 Å². The highest BCUT2D eigenvalue weighted by molar-refractivity contribution is 5.99. The third-order valence-corrected chi connectivity index (χ3v) is 6.44. The molecule has 3 N–H and O–H groups in total. The van der Waals surface area contributed by atoms with E-state index in [0.29, 0.717) is 35.2 Å². The van der Waals surface area contributed by atoms with Crippen molar-refractivity contribution in [3.63, 3.8) is 0 Å². The van der Waals surface area contributed by atoms with Crippen LogP contribution in [-0.2, 0) is 11.3 Å². The minimum absolute atomic E-state index is 0.0390. The third-order valence-electron chi connectivity index (χ3n) is 6.44. The van der Waals surface area contributed by atoms with Crippen LogP contribution < -0.4 is 21.5 Å². The molecular formula is C29H31N5O3. The quantitative estimate of drug-likeness (QED) is 0.280. The minimum Gasteiger partial charge on any atom is -0.404 e. The SMILES string of the molecule is Cc1cc(C(/C=C(\C=O)NC(=O)c2ccc(N3CCCCC3)cc2)=C/N)cc(=O)n1Cc1ccccn1. The summed E-state index contributed by atoms with van der Waals surface area (Å²) in [5.74, 6) is -0.401. The third kappa shape index (κ3) is 6.41. The van der Waals surface area contributed by atoms with E-state index in [2.05, 4.69) is 15.2 Å². The molecule has 1 aliphatic heterocycles. The summed E-state index contributed by atoms with van der Waals surface area (Å²) >= 11 is 0. The van der Waals surface area contributed by atoms with Crippen molar-refractivity contribution in [2.24, 2.45) is 5.73 Å². The molecule has 2 aromatic heterocycles. The van der Waals surface area contributed by atoms with Crippen LogP contribution in [0.25, 0.3) is 5.57 Å². The molecule has 0 saturated carbocycles. The normalized spacial score (nSPS) is 14.4. The van der Waals surface area contributed by atoms with Crippen LogP contribution in [0.3, 0.4) is 0 Å². The molecule has 8 nitrogen and oxygen atoms in total. The lowest BCUT2D eigenvalue weighted by molar-refractivity contribution is -0.105. The van der Waals surface area contributed by atoms with Gasteiger partial charge in [-0.3, -0.25) is 19.4 Å². The van der Waals surface area contributed by atoms with Gasteiger partial charge in [0.25, 0.3) is 11.5 Å². The second-order valence-corrected chi connectivity index (χ2v) is 9.02. The van der Waals surface area contributed by atoms with Gasteiger partial charge in [0.05, 0.1) is 17.9 Å². The van der Waals surface area contributed by atoms with Crippen LogP contribution in [0.5, 0.6) is 0 Å². The number of pyridine rings is 2. The number of rotatable bonds is 8. The molecule has 4 rings (SSSR count). The standard InChI is InChI=1S/C29H31N5O3/c1-21-15-23(17-28(36)34(21)19-25-7-3-4-12-31-25)24(18-30)16-26(20-35)32-29(37)22-8-10-27(11-9-22)33-13-5-2-6-14-33/h3-4,7-12,15-18,20H,2,5-6,13-14,19,30H2,1H3,(H,32,37)/b24-18+,26-16+. The second-order valence-electron chi connectivity index (χ2n) is 9.02. The molecule has 1 saturated heterocycles. The Labute approximate surface area is 216 Å². The van der Waals surface area contributed by atoms with Gasteiger partial charge in [-0.15, -0.1) is 0 Å². The number of amides is 1. The highest BCUT2D eigenvalue weighted by Crippen LogP contribution is 2.21. The number of carbonyl (C=O) groups is 2. The number of allylic oxidation sites excluding steroid dienone is 3. The van der Waals surface area contributed by atoms with E-state index in [-0.39, 0.29) is 11.3 Å².